The van der Waals surface area contributed by atoms with Gasteiger partial charge in [-0.2, -0.15) is 0 Å². The van der Waals surface area contributed by atoms with Gasteiger partial charge in [0.2, 0.25) is 0 Å². The van der Waals surface area contributed by atoms with Crippen molar-refractivity contribution in [1.82, 2.24) is 5.16 Å². The molecule has 4 nitrogen and oxygen atoms in total. The van der Waals surface area contributed by atoms with Gasteiger partial charge in [-0.25, -0.2) is 4.79 Å². The average Bonchev–Trinajstić information content (AvgIpc) is 2.59. The van der Waals surface area contributed by atoms with Crippen LogP contribution in [0, 0.1) is 6.92 Å². The molecule has 1 rings (SSSR count). The summed E-state index contributed by atoms with van der Waals surface area (Å²) in [6.45, 7) is 3.69. The highest BCUT2D eigenvalue weighted by atomic mass is 16.5. The minimum atomic E-state index is -0.312. The summed E-state index contributed by atoms with van der Waals surface area (Å²) in [6, 6.07) is 0. The molecule has 76 valence electrons. The molecule has 0 atom stereocenters. The first kappa shape index (κ1) is 10.5. The van der Waals surface area contributed by atoms with Crippen molar-refractivity contribution in [3.8, 4) is 0 Å². The number of carbonyl (C=O) groups excluding carboxylic acids is 1. The molecule has 0 N–H and O–H groups in total. The number of esters is 1. The van der Waals surface area contributed by atoms with E-state index in [1.165, 1.54) is 7.11 Å². The van der Waals surface area contributed by atoms with E-state index >= 15 is 0 Å². The first-order chi connectivity index (χ1) is 6.69. The van der Waals surface area contributed by atoms with Crippen molar-refractivity contribution in [1.29, 1.82) is 0 Å². The number of carbonyl (C=O) groups is 1. The summed E-state index contributed by atoms with van der Waals surface area (Å²) in [6.07, 6.45) is 3.93. The fourth-order valence-electron chi connectivity index (χ4n) is 1.07. The van der Waals surface area contributed by atoms with Gasteiger partial charge in [0.1, 0.15) is 5.76 Å². The lowest BCUT2D eigenvalue weighted by Gasteiger charge is -2.00. The molecule has 0 fully saturated rings. The predicted molar refractivity (Wildman–Crippen MR) is 51.5 cm³/mol. The Bertz CT molecular complexity index is 352. The minimum Gasteiger partial charge on any atom is -0.466 e. The molecule has 1 aromatic rings. The Morgan fingerprint density at radius 1 is 1.71 bits per heavy atom. The fourth-order valence-corrected chi connectivity index (χ4v) is 1.07. The summed E-state index contributed by atoms with van der Waals surface area (Å²) in [7, 11) is 1.37. The smallest absolute Gasteiger partial charge is 0.333 e. The molecule has 0 spiro atoms. The van der Waals surface area contributed by atoms with Gasteiger partial charge >= 0.3 is 5.97 Å². The van der Waals surface area contributed by atoms with Gasteiger partial charge in [-0.15, -0.1) is 0 Å². The van der Waals surface area contributed by atoms with Crippen molar-refractivity contribution in [3.05, 3.63) is 23.1 Å². The van der Waals surface area contributed by atoms with Gasteiger partial charge in [0.05, 0.1) is 13.3 Å². The first-order valence-electron chi connectivity index (χ1n) is 4.39. The van der Waals surface area contributed by atoms with Gasteiger partial charge in [-0.3, -0.25) is 0 Å². The second-order valence-corrected chi connectivity index (χ2v) is 2.85. The quantitative estimate of drug-likeness (QED) is 0.546. The van der Waals surface area contributed by atoms with Crippen LogP contribution in [0.15, 0.2) is 16.3 Å². The zero-order chi connectivity index (χ0) is 10.6. The first-order valence-corrected chi connectivity index (χ1v) is 4.39. The molecule has 1 heterocycles. The molecule has 4 heteroatoms. The van der Waals surface area contributed by atoms with E-state index in [1.54, 1.807) is 19.2 Å². The second-order valence-electron chi connectivity index (χ2n) is 2.85. The van der Waals surface area contributed by atoms with E-state index < -0.39 is 0 Å². The zero-order valence-electron chi connectivity index (χ0n) is 8.53. The Morgan fingerprint density at radius 3 is 2.86 bits per heavy atom. The van der Waals surface area contributed by atoms with Crippen molar-refractivity contribution in [3.63, 3.8) is 0 Å². The molecule has 0 bridgehead atoms. The number of aryl methyl sites for hydroxylation is 1. The summed E-state index contributed by atoms with van der Waals surface area (Å²) >= 11 is 0. The Kier molecular flexibility index (Phi) is 3.45. The normalized spacial score (nSPS) is 11.5. The number of methoxy groups -OCH3 is 1. The standard InChI is InChI=1S/C10H13NO3/c1-4-8(10(12)13-3)5-9-6-11-14-7(9)2/h5-6H,4H2,1-3H3/b8-5+. The number of rotatable bonds is 3. The van der Waals surface area contributed by atoms with Gasteiger partial charge in [0.25, 0.3) is 0 Å². The lowest BCUT2D eigenvalue weighted by Crippen LogP contribution is -2.03. The summed E-state index contributed by atoms with van der Waals surface area (Å²) in [5.74, 6) is 0.382. The van der Waals surface area contributed by atoms with E-state index in [9.17, 15) is 4.79 Å². The van der Waals surface area contributed by atoms with Crippen molar-refractivity contribution in [2.24, 2.45) is 0 Å². The average molecular weight is 195 g/mol. The maximum atomic E-state index is 11.2. The molecule has 0 aliphatic carbocycles. The molecular formula is C10H13NO3. The third-order valence-corrected chi connectivity index (χ3v) is 1.95. The van der Waals surface area contributed by atoms with Gasteiger partial charge < -0.3 is 9.26 Å². The largest absolute Gasteiger partial charge is 0.466 e. The van der Waals surface area contributed by atoms with Crippen LogP contribution in [0.4, 0.5) is 0 Å². The zero-order valence-corrected chi connectivity index (χ0v) is 8.53. The van der Waals surface area contributed by atoms with Crippen LogP contribution in [0.3, 0.4) is 0 Å². The summed E-state index contributed by atoms with van der Waals surface area (Å²) < 4.78 is 9.51. The number of hydrogen-bond donors (Lipinski definition) is 0. The molecule has 0 unspecified atom stereocenters. The fraction of sp³-hybridized carbons (Fsp3) is 0.400. The second kappa shape index (κ2) is 4.60. The Balaban J connectivity index is 2.95. The molecule has 0 aliphatic heterocycles. The minimum absolute atomic E-state index is 0.312. The van der Waals surface area contributed by atoms with Crippen LogP contribution < -0.4 is 0 Å². The van der Waals surface area contributed by atoms with Gasteiger partial charge in [0.15, 0.2) is 0 Å². The lowest BCUT2D eigenvalue weighted by molar-refractivity contribution is -0.136. The molecule has 0 aromatic carbocycles. The number of nitrogens with zero attached hydrogens (tertiary/aromatic N) is 1. The molecule has 0 radical (unpaired) electrons. The summed E-state index contributed by atoms with van der Waals surface area (Å²) in [5, 5.41) is 3.62. The number of ether oxygens (including phenoxy) is 1. The van der Waals surface area contributed by atoms with E-state index in [0.29, 0.717) is 17.8 Å². The SMILES string of the molecule is CC/C(=C\c1cnoc1C)C(=O)OC. The monoisotopic (exact) mass is 195 g/mol. The van der Waals surface area contributed by atoms with E-state index in [0.717, 1.165) is 5.56 Å². The van der Waals surface area contributed by atoms with Crippen molar-refractivity contribution >= 4 is 12.0 Å². The molecule has 0 amide bonds. The van der Waals surface area contributed by atoms with E-state index in [-0.39, 0.29) is 5.97 Å². The van der Waals surface area contributed by atoms with Crippen LogP contribution in [0.5, 0.6) is 0 Å². The number of hydrogen-bond acceptors (Lipinski definition) is 4. The van der Waals surface area contributed by atoms with Crippen molar-refractivity contribution < 1.29 is 14.1 Å². The Labute approximate surface area is 82.5 Å². The predicted octanol–water partition coefficient (Wildman–Crippen LogP) is 1.95. The van der Waals surface area contributed by atoms with Gasteiger partial charge in [-0.05, 0) is 19.4 Å². The highest BCUT2D eigenvalue weighted by Gasteiger charge is 2.09. The van der Waals surface area contributed by atoms with Crippen LogP contribution >= 0.6 is 0 Å². The topological polar surface area (TPSA) is 52.3 Å². The Morgan fingerprint density at radius 2 is 2.43 bits per heavy atom. The maximum Gasteiger partial charge on any atom is 0.333 e. The Hall–Kier alpha value is -1.58. The lowest BCUT2D eigenvalue weighted by atomic mass is 10.1. The van der Waals surface area contributed by atoms with Crippen LogP contribution in [0.1, 0.15) is 24.7 Å². The van der Waals surface area contributed by atoms with Gasteiger partial charge in [-0.1, -0.05) is 12.1 Å². The highest BCUT2D eigenvalue weighted by molar-refractivity contribution is 5.93. The van der Waals surface area contributed by atoms with E-state index in [1.807, 2.05) is 6.92 Å². The highest BCUT2D eigenvalue weighted by Crippen LogP contribution is 2.14. The van der Waals surface area contributed by atoms with E-state index in [2.05, 4.69) is 9.89 Å². The summed E-state index contributed by atoms with van der Waals surface area (Å²) in [5.41, 5.74) is 1.42. The van der Waals surface area contributed by atoms with Crippen molar-refractivity contribution in [2.45, 2.75) is 20.3 Å². The number of aromatic nitrogens is 1. The summed E-state index contributed by atoms with van der Waals surface area (Å²) in [4.78, 5) is 11.2. The van der Waals surface area contributed by atoms with Crippen LogP contribution in [0.2, 0.25) is 0 Å². The van der Waals surface area contributed by atoms with Crippen LogP contribution in [-0.2, 0) is 9.53 Å². The third kappa shape index (κ3) is 2.22. The van der Waals surface area contributed by atoms with Crippen LogP contribution in [-0.4, -0.2) is 18.2 Å². The molecule has 14 heavy (non-hydrogen) atoms. The molecule has 0 saturated heterocycles. The van der Waals surface area contributed by atoms with Gasteiger partial charge in [0, 0.05) is 11.1 Å². The molecule has 0 saturated carbocycles. The van der Waals surface area contributed by atoms with Crippen LogP contribution in [0.25, 0.3) is 6.08 Å². The molecule has 0 aliphatic rings. The maximum absolute atomic E-state index is 11.2. The molecule has 1 aromatic heterocycles. The third-order valence-electron chi connectivity index (χ3n) is 1.95. The van der Waals surface area contributed by atoms with E-state index in [4.69, 9.17) is 4.52 Å². The molecular weight excluding hydrogens is 182 g/mol. The van der Waals surface area contributed by atoms with Crippen molar-refractivity contribution in [2.75, 3.05) is 7.11 Å².